The van der Waals surface area contributed by atoms with Gasteiger partial charge in [-0.15, -0.1) is 6.58 Å². The van der Waals surface area contributed by atoms with Crippen LogP contribution in [-0.2, 0) is 0 Å². The highest BCUT2D eigenvalue weighted by molar-refractivity contribution is 5.83. The standard InChI is InChI=1S/C18H17FN4O/c1-3-11(2)10-24-17-16-15(22-18(20)23-17)9-8-14(21-16)12-4-6-13(19)7-5-12/h3-9,11H,1,10H2,2H3,(H2,20,22,23). The fraction of sp³-hybridized carbons (Fsp3) is 0.167. The second-order valence-corrected chi connectivity index (χ2v) is 5.48. The van der Waals surface area contributed by atoms with Gasteiger partial charge in [0.25, 0.3) is 0 Å². The number of nitrogens with zero attached hydrogens (tertiary/aromatic N) is 3. The van der Waals surface area contributed by atoms with Gasteiger partial charge in [-0.1, -0.05) is 13.0 Å². The molecular formula is C18H17FN4O. The molecule has 0 saturated heterocycles. The highest BCUT2D eigenvalue weighted by atomic mass is 19.1. The smallest absolute Gasteiger partial charge is 0.245 e. The molecule has 1 unspecified atom stereocenters. The minimum absolute atomic E-state index is 0.125. The average molecular weight is 324 g/mol. The maximum atomic E-state index is 13.1. The van der Waals surface area contributed by atoms with Crippen molar-refractivity contribution in [3.63, 3.8) is 0 Å². The van der Waals surface area contributed by atoms with Gasteiger partial charge in [0.05, 0.1) is 17.8 Å². The number of aromatic nitrogens is 3. The van der Waals surface area contributed by atoms with Crippen LogP contribution in [0.3, 0.4) is 0 Å². The molecule has 0 bridgehead atoms. The van der Waals surface area contributed by atoms with Gasteiger partial charge in [-0.3, -0.25) is 0 Å². The zero-order valence-corrected chi connectivity index (χ0v) is 13.2. The van der Waals surface area contributed by atoms with Crippen LogP contribution in [0.1, 0.15) is 6.92 Å². The van der Waals surface area contributed by atoms with Crippen LogP contribution >= 0.6 is 0 Å². The number of nitrogen functional groups attached to an aromatic ring is 1. The van der Waals surface area contributed by atoms with E-state index in [-0.39, 0.29) is 17.7 Å². The number of anilines is 1. The zero-order chi connectivity index (χ0) is 17.1. The van der Waals surface area contributed by atoms with Gasteiger partial charge < -0.3 is 10.5 Å². The Hall–Kier alpha value is -3.02. The van der Waals surface area contributed by atoms with E-state index in [2.05, 4.69) is 21.5 Å². The largest absolute Gasteiger partial charge is 0.475 e. The van der Waals surface area contributed by atoms with E-state index in [1.807, 2.05) is 6.92 Å². The summed E-state index contributed by atoms with van der Waals surface area (Å²) in [7, 11) is 0. The average Bonchev–Trinajstić information content (AvgIpc) is 2.59. The van der Waals surface area contributed by atoms with Gasteiger partial charge in [0.1, 0.15) is 5.82 Å². The van der Waals surface area contributed by atoms with Crippen LogP contribution in [0.5, 0.6) is 5.88 Å². The van der Waals surface area contributed by atoms with E-state index < -0.39 is 0 Å². The number of nitrogens with two attached hydrogens (primary N) is 1. The Morgan fingerprint density at radius 3 is 2.62 bits per heavy atom. The number of hydrogen-bond donors (Lipinski definition) is 1. The Kier molecular flexibility index (Phi) is 4.37. The van der Waals surface area contributed by atoms with E-state index in [1.54, 1.807) is 30.3 Å². The second-order valence-electron chi connectivity index (χ2n) is 5.48. The van der Waals surface area contributed by atoms with Crippen LogP contribution in [0.4, 0.5) is 10.3 Å². The maximum absolute atomic E-state index is 13.1. The number of pyridine rings is 1. The predicted octanol–water partition coefficient (Wildman–Crippen LogP) is 3.61. The van der Waals surface area contributed by atoms with E-state index in [9.17, 15) is 4.39 Å². The molecule has 2 N–H and O–H groups in total. The number of hydrogen-bond acceptors (Lipinski definition) is 5. The SMILES string of the molecule is C=CC(C)COc1nc(N)nc2ccc(-c3ccc(F)cc3)nc12. The van der Waals surface area contributed by atoms with Gasteiger partial charge in [-0.25, -0.2) is 14.4 Å². The summed E-state index contributed by atoms with van der Waals surface area (Å²) in [6, 6.07) is 9.72. The third-order valence-electron chi connectivity index (χ3n) is 3.55. The second kappa shape index (κ2) is 6.62. The third kappa shape index (κ3) is 3.32. The fourth-order valence-electron chi connectivity index (χ4n) is 2.17. The molecule has 0 amide bonds. The highest BCUT2D eigenvalue weighted by Crippen LogP contribution is 2.26. The van der Waals surface area contributed by atoms with E-state index in [0.717, 1.165) is 5.56 Å². The molecule has 5 nitrogen and oxygen atoms in total. The van der Waals surface area contributed by atoms with E-state index in [4.69, 9.17) is 10.5 Å². The molecule has 1 aromatic carbocycles. The van der Waals surface area contributed by atoms with Crippen molar-refractivity contribution in [1.82, 2.24) is 15.0 Å². The van der Waals surface area contributed by atoms with Gasteiger partial charge in [-0.05, 0) is 36.4 Å². The summed E-state index contributed by atoms with van der Waals surface area (Å²) >= 11 is 0. The van der Waals surface area contributed by atoms with Crippen LogP contribution in [0.15, 0.2) is 49.1 Å². The first-order chi connectivity index (χ1) is 11.6. The Morgan fingerprint density at radius 1 is 1.17 bits per heavy atom. The van der Waals surface area contributed by atoms with Crippen molar-refractivity contribution in [2.45, 2.75) is 6.92 Å². The molecule has 3 rings (SSSR count). The maximum Gasteiger partial charge on any atom is 0.245 e. The molecular weight excluding hydrogens is 307 g/mol. The summed E-state index contributed by atoms with van der Waals surface area (Å²) in [6.45, 7) is 6.13. The van der Waals surface area contributed by atoms with Crippen molar-refractivity contribution in [3.05, 3.63) is 54.9 Å². The normalized spacial score (nSPS) is 12.1. The molecule has 0 aliphatic heterocycles. The first-order valence-corrected chi connectivity index (χ1v) is 7.52. The molecule has 0 saturated carbocycles. The lowest BCUT2D eigenvalue weighted by Crippen LogP contribution is -2.09. The molecule has 2 heterocycles. The molecule has 0 radical (unpaired) electrons. The minimum Gasteiger partial charge on any atom is -0.475 e. The van der Waals surface area contributed by atoms with Crippen molar-refractivity contribution in [3.8, 4) is 17.1 Å². The number of halogens is 1. The van der Waals surface area contributed by atoms with Gasteiger partial charge in [0.15, 0.2) is 5.52 Å². The molecule has 122 valence electrons. The number of rotatable bonds is 5. The summed E-state index contributed by atoms with van der Waals surface area (Å²) in [4.78, 5) is 12.9. The van der Waals surface area contributed by atoms with Gasteiger partial charge in [-0.2, -0.15) is 4.98 Å². The predicted molar refractivity (Wildman–Crippen MR) is 92.0 cm³/mol. The summed E-state index contributed by atoms with van der Waals surface area (Å²) in [5.74, 6) is 0.324. The molecule has 0 fully saturated rings. The molecule has 6 heteroatoms. The molecule has 2 aromatic heterocycles. The quantitative estimate of drug-likeness (QED) is 0.726. The first kappa shape index (κ1) is 15.9. The Bertz CT molecular complexity index is 880. The van der Waals surface area contributed by atoms with E-state index >= 15 is 0 Å². The van der Waals surface area contributed by atoms with Gasteiger partial charge in [0.2, 0.25) is 11.8 Å². The monoisotopic (exact) mass is 324 g/mol. The first-order valence-electron chi connectivity index (χ1n) is 7.52. The van der Waals surface area contributed by atoms with Crippen molar-refractivity contribution < 1.29 is 9.13 Å². The van der Waals surface area contributed by atoms with Crippen molar-refractivity contribution in [2.24, 2.45) is 5.92 Å². The summed E-state index contributed by atoms with van der Waals surface area (Å²) < 4.78 is 18.8. The molecule has 0 spiro atoms. The Labute approximate surface area is 139 Å². The number of benzene rings is 1. The number of fused-ring (bicyclic) bond motifs is 1. The van der Waals surface area contributed by atoms with Crippen LogP contribution < -0.4 is 10.5 Å². The minimum atomic E-state index is -0.293. The number of ether oxygens (including phenoxy) is 1. The molecule has 1 atom stereocenters. The van der Waals surface area contributed by atoms with Crippen LogP contribution in [0.25, 0.3) is 22.3 Å². The summed E-state index contributed by atoms with van der Waals surface area (Å²) in [5.41, 5.74) is 8.32. The summed E-state index contributed by atoms with van der Waals surface area (Å²) in [5, 5.41) is 0. The van der Waals surface area contributed by atoms with E-state index in [1.165, 1.54) is 12.1 Å². The van der Waals surface area contributed by atoms with Crippen LogP contribution in [-0.4, -0.2) is 21.6 Å². The third-order valence-corrected chi connectivity index (χ3v) is 3.55. The lowest BCUT2D eigenvalue weighted by atomic mass is 10.1. The zero-order valence-electron chi connectivity index (χ0n) is 13.2. The highest BCUT2D eigenvalue weighted by Gasteiger charge is 2.12. The summed E-state index contributed by atoms with van der Waals surface area (Å²) in [6.07, 6.45) is 1.80. The van der Waals surface area contributed by atoms with Crippen molar-refractivity contribution >= 4 is 17.0 Å². The Morgan fingerprint density at radius 2 is 1.92 bits per heavy atom. The molecule has 0 aliphatic carbocycles. The lowest BCUT2D eigenvalue weighted by Gasteiger charge is -2.11. The topological polar surface area (TPSA) is 73.9 Å². The molecule has 0 aliphatic rings. The Balaban J connectivity index is 2.04. The lowest BCUT2D eigenvalue weighted by molar-refractivity contribution is 0.278. The molecule has 24 heavy (non-hydrogen) atoms. The van der Waals surface area contributed by atoms with Crippen molar-refractivity contribution in [1.29, 1.82) is 0 Å². The van der Waals surface area contributed by atoms with Gasteiger partial charge >= 0.3 is 0 Å². The fourth-order valence-corrected chi connectivity index (χ4v) is 2.17. The van der Waals surface area contributed by atoms with Crippen molar-refractivity contribution in [2.75, 3.05) is 12.3 Å². The van der Waals surface area contributed by atoms with E-state index in [0.29, 0.717) is 29.2 Å². The molecule has 3 aromatic rings. The van der Waals surface area contributed by atoms with Gasteiger partial charge in [0, 0.05) is 11.5 Å². The van der Waals surface area contributed by atoms with Crippen LogP contribution in [0, 0.1) is 11.7 Å². The van der Waals surface area contributed by atoms with Crippen LogP contribution in [0.2, 0.25) is 0 Å².